The second-order valence-electron chi connectivity index (χ2n) is 10.0. The van der Waals surface area contributed by atoms with Gasteiger partial charge in [0.15, 0.2) is 11.6 Å². The third kappa shape index (κ3) is 5.34. The van der Waals surface area contributed by atoms with Gasteiger partial charge >= 0.3 is 0 Å². The van der Waals surface area contributed by atoms with Crippen molar-refractivity contribution < 1.29 is 13.9 Å². The lowest BCUT2D eigenvalue weighted by Crippen LogP contribution is -2.42. The molecule has 3 fully saturated rings. The molecule has 0 bridgehead atoms. The summed E-state index contributed by atoms with van der Waals surface area (Å²) in [5.41, 5.74) is 1.89. The van der Waals surface area contributed by atoms with Crippen LogP contribution in [0.1, 0.15) is 50.2 Å². The molecule has 5 rings (SSSR count). The fourth-order valence-electron chi connectivity index (χ4n) is 5.35. The number of piperidine rings is 1. The van der Waals surface area contributed by atoms with E-state index in [1.165, 1.54) is 30.9 Å². The van der Waals surface area contributed by atoms with E-state index in [-0.39, 0.29) is 18.1 Å². The molecule has 0 spiro atoms. The Morgan fingerprint density at radius 1 is 1.12 bits per heavy atom. The first-order valence-electron chi connectivity index (χ1n) is 12.9. The lowest BCUT2D eigenvalue weighted by atomic mass is 9.90. The number of aryl methyl sites for hydroxylation is 1. The van der Waals surface area contributed by atoms with Gasteiger partial charge in [0, 0.05) is 38.6 Å². The zero-order valence-electron chi connectivity index (χ0n) is 20.1. The Labute approximate surface area is 201 Å². The highest BCUT2D eigenvalue weighted by Crippen LogP contribution is 2.49. The van der Waals surface area contributed by atoms with E-state index in [1.807, 2.05) is 23.4 Å². The van der Waals surface area contributed by atoms with Gasteiger partial charge in [0.1, 0.15) is 0 Å². The van der Waals surface area contributed by atoms with Crippen LogP contribution < -0.4 is 9.64 Å². The SMILES string of the molecule is CCc1cnc(N2CCC([C@H]3C[C@H]3CCOc3ccc(CC(=O)N4CCC4)cc3F)CC2)nc1. The van der Waals surface area contributed by atoms with E-state index in [0.29, 0.717) is 23.8 Å². The Kier molecular flexibility index (Phi) is 6.97. The molecule has 182 valence electrons. The number of likely N-dealkylation sites (tertiary alicyclic amines) is 1. The van der Waals surface area contributed by atoms with Crippen LogP contribution in [0, 0.1) is 23.6 Å². The zero-order chi connectivity index (χ0) is 23.5. The van der Waals surface area contributed by atoms with E-state index in [4.69, 9.17) is 4.74 Å². The maximum absolute atomic E-state index is 14.5. The van der Waals surface area contributed by atoms with Crippen molar-refractivity contribution in [3.63, 3.8) is 0 Å². The lowest BCUT2D eigenvalue weighted by Gasteiger charge is -2.32. The molecule has 2 aliphatic heterocycles. The highest BCUT2D eigenvalue weighted by molar-refractivity contribution is 5.79. The Hall–Kier alpha value is -2.70. The number of benzene rings is 1. The number of hydrogen-bond donors (Lipinski definition) is 0. The number of carbonyl (C=O) groups is 1. The summed E-state index contributed by atoms with van der Waals surface area (Å²) in [6.07, 6.45) is 10.8. The van der Waals surface area contributed by atoms with Crippen molar-refractivity contribution >= 4 is 11.9 Å². The lowest BCUT2D eigenvalue weighted by molar-refractivity contribution is -0.133. The fourth-order valence-corrected chi connectivity index (χ4v) is 5.35. The summed E-state index contributed by atoms with van der Waals surface area (Å²) in [6, 6.07) is 4.92. The Morgan fingerprint density at radius 3 is 2.53 bits per heavy atom. The van der Waals surface area contributed by atoms with Crippen LogP contribution >= 0.6 is 0 Å². The molecule has 2 aromatic rings. The summed E-state index contributed by atoms with van der Waals surface area (Å²) in [7, 11) is 0. The smallest absolute Gasteiger partial charge is 0.226 e. The Balaban J connectivity index is 1.02. The summed E-state index contributed by atoms with van der Waals surface area (Å²) in [5, 5.41) is 0. The number of carbonyl (C=O) groups excluding carboxylic acids is 1. The number of amides is 1. The summed E-state index contributed by atoms with van der Waals surface area (Å²) < 4.78 is 20.2. The van der Waals surface area contributed by atoms with Crippen molar-refractivity contribution in [2.75, 3.05) is 37.7 Å². The van der Waals surface area contributed by atoms with Gasteiger partial charge in [-0.1, -0.05) is 13.0 Å². The van der Waals surface area contributed by atoms with Crippen molar-refractivity contribution in [1.29, 1.82) is 0 Å². The van der Waals surface area contributed by atoms with Gasteiger partial charge in [0.2, 0.25) is 11.9 Å². The van der Waals surface area contributed by atoms with E-state index in [2.05, 4.69) is 21.8 Å². The van der Waals surface area contributed by atoms with Gasteiger partial charge in [-0.25, -0.2) is 14.4 Å². The number of hydrogen-bond acceptors (Lipinski definition) is 5. The first kappa shape index (κ1) is 23.1. The molecule has 2 atom stereocenters. The number of nitrogens with zero attached hydrogens (tertiary/aromatic N) is 4. The minimum absolute atomic E-state index is 0.0758. The molecule has 1 amide bonds. The number of ether oxygens (including phenoxy) is 1. The average molecular weight is 467 g/mol. The first-order valence-corrected chi connectivity index (χ1v) is 12.9. The molecule has 1 aromatic carbocycles. The van der Waals surface area contributed by atoms with Gasteiger partial charge in [0.05, 0.1) is 13.0 Å². The van der Waals surface area contributed by atoms with Crippen molar-refractivity contribution in [2.45, 2.75) is 51.9 Å². The molecule has 0 unspecified atom stereocenters. The van der Waals surface area contributed by atoms with E-state index in [1.54, 1.807) is 6.07 Å². The number of anilines is 1. The average Bonchev–Trinajstić information content (AvgIpc) is 3.59. The van der Waals surface area contributed by atoms with Gasteiger partial charge < -0.3 is 14.5 Å². The molecule has 0 N–H and O–H groups in total. The molecule has 1 aromatic heterocycles. The van der Waals surface area contributed by atoms with Crippen LogP contribution in [0.4, 0.5) is 10.3 Å². The van der Waals surface area contributed by atoms with Gasteiger partial charge in [-0.3, -0.25) is 4.79 Å². The van der Waals surface area contributed by atoms with Crippen molar-refractivity contribution in [3.05, 3.63) is 47.5 Å². The van der Waals surface area contributed by atoms with E-state index < -0.39 is 0 Å². The highest BCUT2D eigenvalue weighted by Gasteiger charge is 2.43. The van der Waals surface area contributed by atoms with E-state index >= 15 is 0 Å². The van der Waals surface area contributed by atoms with Crippen LogP contribution in [0.15, 0.2) is 30.6 Å². The third-order valence-corrected chi connectivity index (χ3v) is 7.81. The predicted molar refractivity (Wildman–Crippen MR) is 129 cm³/mol. The summed E-state index contributed by atoms with van der Waals surface area (Å²) in [4.78, 5) is 25.3. The molecule has 34 heavy (non-hydrogen) atoms. The van der Waals surface area contributed by atoms with Gasteiger partial charge in [-0.2, -0.15) is 0 Å². The molecule has 1 saturated carbocycles. The molecule has 0 radical (unpaired) electrons. The molecular formula is C27H35FN4O2. The topological polar surface area (TPSA) is 58.6 Å². The second kappa shape index (κ2) is 10.3. The standard InChI is InChI=1S/C27H35FN4O2/c1-2-19-17-29-27(30-18-19)32-11-6-21(7-12-32)23-16-22(23)8-13-34-25-5-4-20(14-24(25)28)15-26(33)31-9-3-10-31/h4-5,14,17-18,21-23H,2-3,6-13,15-16H2,1H3/t22-,23-/m1/s1. The van der Waals surface area contributed by atoms with Crippen molar-refractivity contribution in [2.24, 2.45) is 17.8 Å². The van der Waals surface area contributed by atoms with Crippen LogP contribution in [0.25, 0.3) is 0 Å². The maximum Gasteiger partial charge on any atom is 0.226 e. The summed E-state index contributed by atoms with van der Waals surface area (Å²) >= 11 is 0. The number of rotatable bonds is 9. The Morgan fingerprint density at radius 2 is 1.88 bits per heavy atom. The molecule has 3 aliphatic rings. The third-order valence-electron chi connectivity index (χ3n) is 7.81. The highest BCUT2D eigenvalue weighted by atomic mass is 19.1. The molecule has 2 saturated heterocycles. The number of aromatic nitrogens is 2. The molecule has 7 heteroatoms. The van der Waals surface area contributed by atoms with Crippen LogP contribution in [0.2, 0.25) is 0 Å². The van der Waals surface area contributed by atoms with Gasteiger partial charge in [-0.05, 0) is 79.5 Å². The fraction of sp³-hybridized carbons (Fsp3) is 0.593. The van der Waals surface area contributed by atoms with E-state index in [9.17, 15) is 9.18 Å². The Bertz CT molecular complexity index is 987. The second-order valence-corrected chi connectivity index (χ2v) is 10.0. The van der Waals surface area contributed by atoms with Crippen molar-refractivity contribution in [1.82, 2.24) is 14.9 Å². The summed E-state index contributed by atoms with van der Waals surface area (Å²) in [5.74, 6) is 3.07. The quantitative estimate of drug-likeness (QED) is 0.552. The van der Waals surface area contributed by atoms with Crippen molar-refractivity contribution in [3.8, 4) is 5.75 Å². The molecule has 3 heterocycles. The summed E-state index contributed by atoms with van der Waals surface area (Å²) in [6.45, 7) is 6.35. The van der Waals surface area contributed by atoms with Crippen LogP contribution in [-0.4, -0.2) is 53.6 Å². The number of halogens is 1. The predicted octanol–water partition coefficient (Wildman–Crippen LogP) is 4.27. The monoisotopic (exact) mass is 466 g/mol. The van der Waals surface area contributed by atoms with Gasteiger partial charge in [0.25, 0.3) is 0 Å². The zero-order valence-corrected chi connectivity index (χ0v) is 20.1. The molecular weight excluding hydrogens is 431 g/mol. The van der Waals surface area contributed by atoms with Crippen LogP contribution in [0.3, 0.4) is 0 Å². The van der Waals surface area contributed by atoms with Gasteiger partial charge in [-0.15, -0.1) is 0 Å². The minimum Gasteiger partial charge on any atom is -0.491 e. The van der Waals surface area contributed by atoms with Crippen LogP contribution in [0.5, 0.6) is 5.75 Å². The largest absolute Gasteiger partial charge is 0.491 e. The molecule has 1 aliphatic carbocycles. The maximum atomic E-state index is 14.5. The van der Waals surface area contributed by atoms with Crippen LogP contribution in [-0.2, 0) is 17.6 Å². The first-order chi connectivity index (χ1) is 16.6. The van der Waals surface area contributed by atoms with E-state index in [0.717, 1.165) is 63.2 Å². The normalized spacial score (nSPS) is 22.4. The molecule has 6 nitrogen and oxygen atoms in total. The minimum atomic E-state index is -0.372.